The van der Waals surface area contributed by atoms with Gasteiger partial charge in [-0.3, -0.25) is 10.2 Å². The summed E-state index contributed by atoms with van der Waals surface area (Å²) in [5.41, 5.74) is 0.935. The minimum Gasteiger partial charge on any atom is -0.301 e. The van der Waals surface area contributed by atoms with E-state index in [-0.39, 0.29) is 11.1 Å². The van der Waals surface area contributed by atoms with E-state index in [0.29, 0.717) is 4.91 Å². The molecular formula is C10H7BrN2OS. The highest BCUT2D eigenvalue weighted by atomic mass is 79.9. The molecular weight excluding hydrogens is 276 g/mol. The van der Waals surface area contributed by atoms with Crippen molar-refractivity contribution < 1.29 is 4.79 Å². The SMILES string of the molecule is N=C1NC(=O)/C(=C/c2ccccc2Br)S1. The van der Waals surface area contributed by atoms with E-state index in [9.17, 15) is 4.79 Å². The molecule has 1 heterocycles. The van der Waals surface area contributed by atoms with Gasteiger partial charge in [-0.1, -0.05) is 34.1 Å². The molecule has 1 aliphatic heterocycles. The minimum absolute atomic E-state index is 0.179. The molecule has 1 fully saturated rings. The van der Waals surface area contributed by atoms with Crippen LogP contribution in [0.15, 0.2) is 33.6 Å². The normalized spacial score (nSPS) is 18.3. The van der Waals surface area contributed by atoms with Gasteiger partial charge in [-0.2, -0.15) is 0 Å². The summed E-state index contributed by atoms with van der Waals surface area (Å²) < 4.78 is 0.935. The van der Waals surface area contributed by atoms with E-state index >= 15 is 0 Å². The van der Waals surface area contributed by atoms with E-state index in [1.165, 1.54) is 0 Å². The lowest BCUT2D eigenvalue weighted by molar-refractivity contribution is -0.115. The van der Waals surface area contributed by atoms with Gasteiger partial charge in [-0.05, 0) is 29.5 Å². The maximum absolute atomic E-state index is 11.3. The third-order valence-electron chi connectivity index (χ3n) is 1.85. The molecule has 0 unspecified atom stereocenters. The van der Waals surface area contributed by atoms with Crippen molar-refractivity contribution in [1.29, 1.82) is 5.41 Å². The Bertz CT molecular complexity index is 470. The molecule has 0 saturated carbocycles. The summed E-state index contributed by atoms with van der Waals surface area (Å²) in [6.45, 7) is 0. The summed E-state index contributed by atoms with van der Waals surface area (Å²) in [6.07, 6.45) is 1.77. The van der Waals surface area contributed by atoms with Gasteiger partial charge in [0.05, 0.1) is 4.91 Å². The number of carbonyl (C=O) groups is 1. The fourth-order valence-corrected chi connectivity index (χ4v) is 2.27. The summed E-state index contributed by atoms with van der Waals surface area (Å²) in [5, 5.41) is 9.92. The van der Waals surface area contributed by atoms with Gasteiger partial charge in [0, 0.05) is 4.47 Å². The Morgan fingerprint density at radius 2 is 2.13 bits per heavy atom. The number of hydrogen-bond acceptors (Lipinski definition) is 3. The van der Waals surface area contributed by atoms with Crippen molar-refractivity contribution in [3.8, 4) is 0 Å². The first-order chi connectivity index (χ1) is 7.16. The first-order valence-electron chi connectivity index (χ1n) is 4.21. The number of thioether (sulfide) groups is 1. The van der Waals surface area contributed by atoms with Crippen LogP contribution in [-0.4, -0.2) is 11.1 Å². The first kappa shape index (κ1) is 10.4. The number of benzene rings is 1. The van der Waals surface area contributed by atoms with Crippen LogP contribution in [-0.2, 0) is 4.79 Å². The summed E-state index contributed by atoms with van der Waals surface area (Å²) in [7, 11) is 0. The van der Waals surface area contributed by atoms with Crippen molar-refractivity contribution in [2.24, 2.45) is 0 Å². The van der Waals surface area contributed by atoms with E-state index < -0.39 is 0 Å². The molecule has 1 saturated heterocycles. The fourth-order valence-electron chi connectivity index (χ4n) is 1.17. The molecule has 1 aromatic rings. The zero-order valence-corrected chi connectivity index (χ0v) is 9.98. The fraction of sp³-hybridized carbons (Fsp3) is 0. The quantitative estimate of drug-likeness (QED) is 0.778. The highest BCUT2D eigenvalue weighted by molar-refractivity contribution is 9.10. The largest absolute Gasteiger partial charge is 0.301 e. The van der Waals surface area contributed by atoms with Crippen molar-refractivity contribution in [2.75, 3.05) is 0 Å². The van der Waals surface area contributed by atoms with Gasteiger partial charge in [-0.15, -0.1) is 0 Å². The van der Waals surface area contributed by atoms with Crippen molar-refractivity contribution in [3.05, 3.63) is 39.2 Å². The van der Waals surface area contributed by atoms with Gasteiger partial charge in [0.25, 0.3) is 5.91 Å². The topological polar surface area (TPSA) is 53.0 Å². The van der Waals surface area contributed by atoms with E-state index in [0.717, 1.165) is 21.8 Å². The summed E-state index contributed by atoms with van der Waals surface area (Å²) in [6, 6.07) is 7.64. The second-order valence-electron chi connectivity index (χ2n) is 2.92. The average Bonchev–Trinajstić information content (AvgIpc) is 2.49. The minimum atomic E-state index is -0.208. The first-order valence-corrected chi connectivity index (χ1v) is 5.82. The standard InChI is InChI=1S/C10H7BrN2OS/c11-7-4-2-1-3-6(7)5-8-9(14)13-10(12)15-8/h1-5H,(H2,12,13,14)/b8-5-. The number of rotatable bonds is 1. The Balaban J connectivity index is 2.35. The Labute approximate surface area is 99.6 Å². The molecule has 1 amide bonds. The molecule has 15 heavy (non-hydrogen) atoms. The van der Waals surface area contributed by atoms with Crippen LogP contribution in [0.4, 0.5) is 0 Å². The smallest absolute Gasteiger partial charge is 0.264 e. The highest BCUT2D eigenvalue weighted by Gasteiger charge is 2.22. The van der Waals surface area contributed by atoms with Crippen molar-refractivity contribution >= 4 is 44.8 Å². The summed E-state index contributed by atoms with van der Waals surface area (Å²) >= 11 is 4.54. The molecule has 76 valence electrons. The predicted molar refractivity (Wildman–Crippen MR) is 65.6 cm³/mol. The molecule has 1 aromatic carbocycles. The maximum Gasteiger partial charge on any atom is 0.264 e. The third-order valence-corrected chi connectivity index (χ3v) is 3.41. The van der Waals surface area contributed by atoms with Crippen molar-refractivity contribution in [1.82, 2.24) is 5.32 Å². The lowest BCUT2D eigenvalue weighted by atomic mass is 10.2. The summed E-state index contributed by atoms with van der Waals surface area (Å²) in [4.78, 5) is 11.9. The van der Waals surface area contributed by atoms with E-state index in [1.54, 1.807) is 6.08 Å². The lowest BCUT2D eigenvalue weighted by Crippen LogP contribution is -2.18. The maximum atomic E-state index is 11.3. The van der Waals surface area contributed by atoms with Gasteiger partial charge in [0.2, 0.25) is 0 Å². The number of amidine groups is 1. The van der Waals surface area contributed by atoms with Crippen LogP contribution in [0, 0.1) is 5.41 Å². The number of amides is 1. The van der Waals surface area contributed by atoms with Crippen LogP contribution in [0.25, 0.3) is 6.08 Å². The Morgan fingerprint density at radius 3 is 2.73 bits per heavy atom. The van der Waals surface area contributed by atoms with Crippen LogP contribution >= 0.6 is 27.7 Å². The molecule has 3 nitrogen and oxygen atoms in total. The van der Waals surface area contributed by atoms with Crippen molar-refractivity contribution in [2.45, 2.75) is 0 Å². The Morgan fingerprint density at radius 1 is 1.40 bits per heavy atom. The van der Waals surface area contributed by atoms with Crippen LogP contribution in [0.3, 0.4) is 0 Å². The van der Waals surface area contributed by atoms with Gasteiger partial charge in [-0.25, -0.2) is 0 Å². The Hall–Kier alpha value is -1.07. The lowest BCUT2D eigenvalue weighted by Gasteiger charge is -1.97. The number of nitrogens with one attached hydrogen (secondary N) is 2. The van der Waals surface area contributed by atoms with Gasteiger partial charge < -0.3 is 5.32 Å². The molecule has 0 radical (unpaired) electrons. The molecule has 0 bridgehead atoms. The van der Waals surface area contributed by atoms with Crippen LogP contribution in [0.2, 0.25) is 0 Å². The Kier molecular flexibility index (Phi) is 2.93. The van der Waals surface area contributed by atoms with Gasteiger partial charge in [0.1, 0.15) is 0 Å². The van der Waals surface area contributed by atoms with E-state index in [2.05, 4.69) is 21.2 Å². The second-order valence-corrected chi connectivity index (χ2v) is 4.82. The van der Waals surface area contributed by atoms with Gasteiger partial charge >= 0.3 is 0 Å². The molecule has 0 spiro atoms. The monoisotopic (exact) mass is 282 g/mol. The molecule has 0 aliphatic carbocycles. The van der Waals surface area contributed by atoms with Crippen LogP contribution in [0.5, 0.6) is 0 Å². The van der Waals surface area contributed by atoms with E-state index in [1.807, 2.05) is 24.3 Å². The predicted octanol–water partition coefficient (Wildman–Crippen LogP) is 2.59. The molecule has 1 aliphatic rings. The average molecular weight is 283 g/mol. The summed E-state index contributed by atoms with van der Waals surface area (Å²) in [5.74, 6) is -0.208. The number of hydrogen-bond donors (Lipinski definition) is 2. The molecule has 0 aromatic heterocycles. The van der Waals surface area contributed by atoms with Crippen molar-refractivity contribution in [3.63, 3.8) is 0 Å². The van der Waals surface area contributed by atoms with Gasteiger partial charge in [0.15, 0.2) is 5.17 Å². The van der Waals surface area contributed by atoms with Crippen LogP contribution in [0.1, 0.15) is 5.56 Å². The zero-order valence-electron chi connectivity index (χ0n) is 7.58. The van der Waals surface area contributed by atoms with Crippen LogP contribution < -0.4 is 5.32 Å². The number of carbonyl (C=O) groups excluding carboxylic acids is 1. The molecule has 0 atom stereocenters. The molecule has 2 N–H and O–H groups in total. The highest BCUT2D eigenvalue weighted by Crippen LogP contribution is 2.27. The molecule has 5 heteroatoms. The zero-order chi connectivity index (χ0) is 10.8. The molecule has 2 rings (SSSR count). The van der Waals surface area contributed by atoms with E-state index in [4.69, 9.17) is 5.41 Å². The second kappa shape index (κ2) is 4.20. The number of halogens is 1. The third kappa shape index (κ3) is 2.30.